The van der Waals surface area contributed by atoms with E-state index in [2.05, 4.69) is 26.5 Å². The van der Waals surface area contributed by atoms with Crippen LogP contribution in [0.2, 0.25) is 0 Å². The van der Waals surface area contributed by atoms with Crippen molar-refractivity contribution in [2.24, 2.45) is 0 Å². The molecule has 0 bridgehead atoms. The number of fused-ring (bicyclic) bond motifs is 1. The van der Waals surface area contributed by atoms with Crippen molar-refractivity contribution >= 4 is 11.8 Å². The van der Waals surface area contributed by atoms with Gasteiger partial charge in [-0.3, -0.25) is 4.79 Å². The monoisotopic (exact) mass is 442 g/mol. The number of nitrogens with zero attached hydrogens (tertiary/aromatic N) is 3. The maximum absolute atomic E-state index is 13.6. The van der Waals surface area contributed by atoms with Crippen LogP contribution in [0.4, 0.5) is 14.6 Å². The lowest BCUT2D eigenvalue weighted by atomic mass is 9.92. The Morgan fingerprint density at radius 3 is 2.75 bits per heavy atom. The molecule has 2 N–H and O–H groups in total. The molecule has 0 saturated heterocycles. The Bertz CT molecular complexity index is 1080. The summed E-state index contributed by atoms with van der Waals surface area (Å²) >= 11 is 0. The molecule has 4 rings (SSSR count). The van der Waals surface area contributed by atoms with Crippen molar-refractivity contribution in [1.82, 2.24) is 15.1 Å². The predicted octanol–water partition coefficient (Wildman–Crippen LogP) is 4.08. The van der Waals surface area contributed by atoms with Gasteiger partial charge in [0.1, 0.15) is 17.5 Å². The van der Waals surface area contributed by atoms with E-state index in [1.165, 1.54) is 5.56 Å². The largest absolute Gasteiger partial charge is 0.481 e. The van der Waals surface area contributed by atoms with Gasteiger partial charge in [0.15, 0.2) is 5.82 Å². The molecule has 7 nitrogen and oxygen atoms in total. The van der Waals surface area contributed by atoms with Crippen LogP contribution >= 0.6 is 0 Å². The van der Waals surface area contributed by atoms with Crippen LogP contribution in [0.5, 0.6) is 0 Å². The highest BCUT2D eigenvalue weighted by Crippen LogP contribution is 2.26. The number of rotatable bonds is 9. The Labute approximate surface area is 183 Å². The fraction of sp³-hybridized carbons (Fsp3) is 0.391. The molecule has 3 aromatic rings. The summed E-state index contributed by atoms with van der Waals surface area (Å²) < 4.78 is 32.5. The highest BCUT2D eigenvalue weighted by Gasteiger charge is 2.21. The lowest BCUT2D eigenvalue weighted by Crippen LogP contribution is -2.14. The summed E-state index contributed by atoms with van der Waals surface area (Å²) in [5.74, 6) is -1.55. The first-order valence-electron chi connectivity index (χ1n) is 10.7. The molecule has 3 heterocycles. The summed E-state index contributed by atoms with van der Waals surface area (Å²) in [5.41, 5.74) is 2.49. The molecule has 0 radical (unpaired) electrons. The number of carbonyl (C=O) groups is 1. The first-order chi connectivity index (χ1) is 15.5. The maximum Gasteiger partial charge on any atom is 0.303 e. The standard InChI is InChI=1S/C23H24F2N4O3/c24-17-9-15(10-18(25)13-17)16(12-22(30)31)11-21-28-20(29-32-21)5-1-4-19-7-6-14-3-2-8-26-23(14)27-19/h6-7,9-10,13,16H,1-5,8,11-12H2,(H,26,27)(H,30,31). The van der Waals surface area contributed by atoms with Gasteiger partial charge in [0, 0.05) is 37.1 Å². The molecule has 168 valence electrons. The second-order valence-corrected chi connectivity index (χ2v) is 8.00. The van der Waals surface area contributed by atoms with Crippen LogP contribution < -0.4 is 5.32 Å². The van der Waals surface area contributed by atoms with E-state index in [0.717, 1.165) is 61.9 Å². The first-order valence-corrected chi connectivity index (χ1v) is 10.7. The average molecular weight is 442 g/mol. The number of hydrogen-bond donors (Lipinski definition) is 2. The van der Waals surface area contributed by atoms with Gasteiger partial charge < -0.3 is 14.9 Å². The Morgan fingerprint density at radius 1 is 1.16 bits per heavy atom. The van der Waals surface area contributed by atoms with E-state index >= 15 is 0 Å². The summed E-state index contributed by atoms with van der Waals surface area (Å²) in [6.07, 6.45) is 4.07. The summed E-state index contributed by atoms with van der Waals surface area (Å²) in [6.45, 7) is 0.945. The van der Waals surface area contributed by atoms with Crippen molar-refractivity contribution in [3.63, 3.8) is 0 Å². The molecular weight excluding hydrogens is 418 g/mol. The van der Waals surface area contributed by atoms with E-state index in [1.807, 2.05) is 6.07 Å². The number of aromatic nitrogens is 3. The second kappa shape index (κ2) is 9.84. The molecular formula is C23H24F2N4O3. The molecule has 1 aliphatic heterocycles. The zero-order chi connectivity index (χ0) is 22.5. The molecule has 0 fully saturated rings. The van der Waals surface area contributed by atoms with E-state index in [9.17, 15) is 18.7 Å². The number of carboxylic acids is 1. The molecule has 1 atom stereocenters. The minimum atomic E-state index is -1.08. The summed E-state index contributed by atoms with van der Waals surface area (Å²) in [4.78, 5) is 20.3. The second-order valence-electron chi connectivity index (χ2n) is 8.00. The van der Waals surface area contributed by atoms with E-state index < -0.39 is 23.5 Å². The zero-order valence-corrected chi connectivity index (χ0v) is 17.5. The predicted molar refractivity (Wildman–Crippen MR) is 112 cm³/mol. The molecule has 0 aliphatic carbocycles. The van der Waals surface area contributed by atoms with Gasteiger partial charge in [0.25, 0.3) is 0 Å². The van der Waals surface area contributed by atoms with Crippen molar-refractivity contribution < 1.29 is 23.2 Å². The lowest BCUT2D eigenvalue weighted by molar-refractivity contribution is -0.137. The Hall–Kier alpha value is -3.36. The fourth-order valence-electron chi connectivity index (χ4n) is 3.95. The number of nitrogens with one attached hydrogen (secondary N) is 1. The summed E-state index contributed by atoms with van der Waals surface area (Å²) in [7, 11) is 0. The molecule has 2 aromatic heterocycles. The lowest BCUT2D eigenvalue weighted by Gasteiger charge is -2.17. The first kappa shape index (κ1) is 21.9. The van der Waals surface area contributed by atoms with Gasteiger partial charge >= 0.3 is 5.97 Å². The van der Waals surface area contributed by atoms with Crippen molar-refractivity contribution in [1.29, 1.82) is 0 Å². The van der Waals surface area contributed by atoms with Gasteiger partial charge in [0.05, 0.1) is 6.42 Å². The van der Waals surface area contributed by atoms with Crippen LogP contribution in [-0.4, -0.2) is 32.7 Å². The molecule has 0 saturated carbocycles. The molecule has 0 spiro atoms. The highest BCUT2D eigenvalue weighted by molar-refractivity contribution is 5.68. The molecule has 1 aromatic carbocycles. The SMILES string of the molecule is O=C(O)CC(Cc1nc(CCCc2ccc3c(n2)NCCC3)no1)c1cc(F)cc(F)c1. The van der Waals surface area contributed by atoms with E-state index in [1.54, 1.807) is 0 Å². The smallest absolute Gasteiger partial charge is 0.303 e. The number of halogens is 2. The van der Waals surface area contributed by atoms with Gasteiger partial charge in [-0.1, -0.05) is 11.2 Å². The minimum absolute atomic E-state index is 0.0836. The number of anilines is 1. The van der Waals surface area contributed by atoms with Crippen LogP contribution in [0.3, 0.4) is 0 Å². The van der Waals surface area contributed by atoms with Gasteiger partial charge in [-0.15, -0.1) is 0 Å². The van der Waals surface area contributed by atoms with E-state index in [0.29, 0.717) is 12.2 Å². The highest BCUT2D eigenvalue weighted by atomic mass is 19.1. The number of aliphatic carboxylic acids is 1. The number of aryl methyl sites for hydroxylation is 3. The molecule has 32 heavy (non-hydrogen) atoms. The third kappa shape index (κ3) is 5.66. The summed E-state index contributed by atoms with van der Waals surface area (Å²) in [5, 5.41) is 16.5. The quantitative estimate of drug-likeness (QED) is 0.515. The topological polar surface area (TPSA) is 101 Å². The van der Waals surface area contributed by atoms with Crippen LogP contribution in [0, 0.1) is 11.6 Å². The van der Waals surface area contributed by atoms with Crippen LogP contribution in [0.15, 0.2) is 34.9 Å². The number of carboxylic acid groups (broad SMARTS) is 1. The Balaban J connectivity index is 1.36. The van der Waals surface area contributed by atoms with Gasteiger partial charge in [-0.2, -0.15) is 4.98 Å². The van der Waals surface area contributed by atoms with Gasteiger partial charge in [-0.25, -0.2) is 13.8 Å². The van der Waals surface area contributed by atoms with Crippen molar-refractivity contribution in [3.05, 3.63) is 70.5 Å². The maximum atomic E-state index is 13.6. The van der Waals surface area contributed by atoms with E-state index in [-0.39, 0.29) is 24.3 Å². The van der Waals surface area contributed by atoms with Gasteiger partial charge in [-0.05, 0) is 55.0 Å². The molecule has 9 heteroatoms. The van der Waals surface area contributed by atoms with Crippen LogP contribution in [-0.2, 0) is 30.5 Å². The van der Waals surface area contributed by atoms with Crippen molar-refractivity contribution in [3.8, 4) is 0 Å². The van der Waals surface area contributed by atoms with Crippen molar-refractivity contribution in [2.75, 3.05) is 11.9 Å². The number of hydrogen-bond acceptors (Lipinski definition) is 6. The number of benzene rings is 1. The minimum Gasteiger partial charge on any atom is -0.481 e. The van der Waals surface area contributed by atoms with Crippen molar-refractivity contribution in [2.45, 2.75) is 50.9 Å². The number of pyridine rings is 1. The van der Waals surface area contributed by atoms with Gasteiger partial charge in [0.2, 0.25) is 5.89 Å². The molecule has 1 aliphatic rings. The zero-order valence-electron chi connectivity index (χ0n) is 17.5. The summed E-state index contributed by atoms with van der Waals surface area (Å²) in [6, 6.07) is 7.18. The fourth-order valence-corrected chi connectivity index (χ4v) is 3.95. The molecule has 0 amide bonds. The Kier molecular flexibility index (Phi) is 6.72. The third-order valence-corrected chi connectivity index (χ3v) is 5.49. The average Bonchev–Trinajstić information content (AvgIpc) is 3.19. The Morgan fingerprint density at radius 2 is 1.97 bits per heavy atom. The normalized spacial score (nSPS) is 13.9. The molecule has 1 unspecified atom stereocenters. The van der Waals surface area contributed by atoms with Crippen LogP contribution in [0.1, 0.15) is 53.7 Å². The van der Waals surface area contributed by atoms with Crippen LogP contribution in [0.25, 0.3) is 0 Å². The third-order valence-electron chi connectivity index (χ3n) is 5.49. The van der Waals surface area contributed by atoms with E-state index in [4.69, 9.17) is 4.52 Å².